The van der Waals surface area contributed by atoms with Crippen LogP contribution in [0.3, 0.4) is 0 Å². The van der Waals surface area contributed by atoms with Crippen LogP contribution in [0.2, 0.25) is 5.02 Å². The van der Waals surface area contributed by atoms with Gasteiger partial charge in [-0.3, -0.25) is 14.8 Å². The third-order valence-corrected chi connectivity index (χ3v) is 4.60. The van der Waals surface area contributed by atoms with Crippen molar-refractivity contribution >= 4 is 33.0 Å². The molecule has 0 amide bonds. The van der Waals surface area contributed by atoms with E-state index in [1.807, 2.05) is 19.9 Å². The zero-order valence-electron chi connectivity index (χ0n) is 11.8. The first kappa shape index (κ1) is 16.3. The Morgan fingerprint density at radius 2 is 1.68 bits per heavy atom. The van der Waals surface area contributed by atoms with E-state index in [4.69, 9.17) is 11.6 Å². The molecule has 2 rings (SSSR count). The number of hydrogen-bond donors (Lipinski definition) is 1. The molecule has 0 spiro atoms. The number of anilines is 1. The van der Waals surface area contributed by atoms with Gasteiger partial charge in [0.2, 0.25) is 0 Å². The zero-order valence-corrected chi connectivity index (χ0v) is 13.4. The summed E-state index contributed by atoms with van der Waals surface area (Å²) in [5, 5.41) is 10.7. The fourth-order valence-corrected chi connectivity index (χ4v) is 3.29. The van der Waals surface area contributed by atoms with Crippen molar-refractivity contribution < 1.29 is 13.3 Å². The molecule has 0 aliphatic carbocycles. The normalized spacial score (nSPS) is 11.2. The molecular weight excluding hydrogens is 328 g/mol. The molecule has 8 heteroatoms. The molecule has 22 heavy (non-hydrogen) atoms. The molecule has 116 valence electrons. The van der Waals surface area contributed by atoms with Crippen LogP contribution in [0.5, 0.6) is 0 Å². The fraction of sp³-hybridized carbons (Fsp3) is 0.143. The summed E-state index contributed by atoms with van der Waals surface area (Å²) in [5.41, 5.74) is 1.75. The summed E-state index contributed by atoms with van der Waals surface area (Å²) in [6.07, 6.45) is 0. The van der Waals surface area contributed by atoms with Crippen LogP contribution in [-0.4, -0.2) is 13.3 Å². The summed E-state index contributed by atoms with van der Waals surface area (Å²) in [5.74, 6) is 0. The Hall–Kier alpha value is -2.12. The number of halogens is 1. The number of rotatable bonds is 4. The molecule has 6 nitrogen and oxygen atoms in total. The first-order chi connectivity index (χ1) is 10.2. The molecule has 0 saturated heterocycles. The van der Waals surface area contributed by atoms with Gasteiger partial charge in [0.1, 0.15) is 5.02 Å². The molecule has 0 aliphatic rings. The molecule has 1 N–H and O–H groups in total. The predicted octanol–water partition coefficient (Wildman–Crippen LogP) is 3.67. The van der Waals surface area contributed by atoms with Gasteiger partial charge in [-0.05, 0) is 49.2 Å². The van der Waals surface area contributed by atoms with Crippen LogP contribution < -0.4 is 4.72 Å². The maximum absolute atomic E-state index is 12.3. The lowest BCUT2D eigenvalue weighted by Gasteiger charge is -2.10. The number of nitrogens with zero attached hydrogens (tertiary/aromatic N) is 1. The van der Waals surface area contributed by atoms with E-state index >= 15 is 0 Å². The molecule has 0 saturated carbocycles. The predicted molar refractivity (Wildman–Crippen MR) is 84.8 cm³/mol. The van der Waals surface area contributed by atoms with Crippen molar-refractivity contribution in [1.82, 2.24) is 0 Å². The van der Waals surface area contributed by atoms with Gasteiger partial charge in [0, 0.05) is 11.8 Å². The summed E-state index contributed by atoms with van der Waals surface area (Å²) >= 11 is 5.69. The second kappa shape index (κ2) is 5.94. The van der Waals surface area contributed by atoms with Crippen LogP contribution >= 0.6 is 11.6 Å². The molecule has 2 aromatic carbocycles. The number of hydrogen-bond acceptors (Lipinski definition) is 4. The van der Waals surface area contributed by atoms with Crippen molar-refractivity contribution in [3.63, 3.8) is 0 Å². The van der Waals surface area contributed by atoms with E-state index in [1.165, 1.54) is 12.1 Å². The minimum atomic E-state index is -3.93. The zero-order chi connectivity index (χ0) is 16.5. The van der Waals surface area contributed by atoms with Crippen LogP contribution in [0.25, 0.3) is 0 Å². The van der Waals surface area contributed by atoms with Crippen molar-refractivity contribution in [3.05, 3.63) is 62.7 Å². The van der Waals surface area contributed by atoms with Crippen LogP contribution in [0.4, 0.5) is 11.4 Å². The summed E-state index contributed by atoms with van der Waals surface area (Å²) < 4.78 is 27.1. The summed E-state index contributed by atoms with van der Waals surface area (Å²) in [6, 6.07) is 8.61. The molecule has 0 fully saturated rings. The van der Waals surface area contributed by atoms with Crippen LogP contribution in [0.1, 0.15) is 11.1 Å². The smallest absolute Gasteiger partial charge is 0.280 e. The molecule has 0 radical (unpaired) electrons. The average Bonchev–Trinajstić information content (AvgIpc) is 2.36. The molecular formula is C14H13ClN2O4S. The highest BCUT2D eigenvalue weighted by atomic mass is 35.5. The van der Waals surface area contributed by atoms with Crippen molar-refractivity contribution in [2.24, 2.45) is 0 Å². The van der Waals surface area contributed by atoms with Gasteiger partial charge in [0.25, 0.3) is 15.7 Å². The Labute approximate surface area is 132 Å². The first-order valence-electron chi connectivity index (χ1n) is 6.24. The number of benzene rings is 2. The van der Waals surface area contributed by atoms with Crippen LogP contribution in [0, 0.1) is 24.0 Å². The highest BCUT2D eigenvalue weighted by Crippen LogP contribution is 2.28. The van der Waals surface area contributed by atoms with Crippen molar-refractivity contribution in [2.45, 2.75) is 18.7 Å². The third kappa shape index (κ3) is 3.55. The Balaban J connectivity index is 2.42. The first-order valence-corrected chi connectivity index (χ1v) is 8.10. The van der Waals surface area contributed by atoms with E-state index in [0.717, 1.165) is 17.2 Å². The van der Waals surface area contributed by atoms with E-state index in [9.17, 15) is 18.5 Å². The Morgan fingerprint density at radius 1 is 1.09 bits per heavy atom. The summed E-state index contributed by atoms with van der Waals surface area (Å²) in [4.78, 5) is 9.91. The van der Waals surface area contributed by atoms with Crippen molar-refractivity contribution in [1.29, 1.82) is 0 Å². The molecule has 0 heterocycles. The molecule has 0 unspecified atom stereocenters. The van der Waals surface area contributed by atoms with Gasteiger partial charge in [-0.1, -0.05) is 17.7 Å². The van der Waals surface area contributed by atoms with Gasteiger partial charge >= 0.3 is 0 Å². The Bertz CT molecular complexity index is 830. The molecule has 0 bridgehead atoms. The maximum Gasteiger partial charge on any atom is 0.289 e. The van der Waals surface area contributed by atoms with E-state index in [1.54, 1.807) is 12.1 Å². The van der Waals surface area contributed by atoms with Gasteiger partial charge < -0.3 is 0 Å². The molecule has 0 aliphatic heterocycles. The largest absolute Gasteiger partial charge is 0.289 e. The lowest BCUT2D eigenvalue weighted by molar-refractivity contribution is -0.384. The van der Waals surface area contributed by atoms with E-state index in [-0.39, 0.29) is 9.92 Å². The number of nitrogens with one attached hydrogen (secondary N) is 1. The van der Waals surface area contributed by atoms with Gasteiger partial charge in [0.15, 0.2) is 0 Å². The SMILES string of the molecule is Cc1cc(C)cc(NS(=O)(=O)c2ccc(Cl)c([N+](=O)[O-])c2)c1. The molecule has 2 aromatic rings. The second-order valence-electron chi connectivity index (χ2n) is 4.85. The maximum atomic E-state index is 12.3. The van der Waals surface area contributed by atoms with Crippen molar-refractivity contribution in [2.75, 3.05) is 4.72 Å². The number of nitro groups is 1. The Kier molecular flexibility index (Phi) is 4.39. The standard InChI is InChI=1S/C14H13ClN2O4S/c1-9-5-10(2)7-11(6-9)16-22(20,21)12-3-4-13(15)14(8-12)17(18)19/h3-8,16H,1-2H3. The minimum Gasteiger partial charge on any atom is -0.280 e. The monoisotopic (exact) mass is 340 g/mol. The Morgan fingerprint density at radius 3 is 2.23 bits per heavy atom. The lowest BCUT2D eigenvalue weighted by Crippen LogP contribution is -2.13. The lowest BCUT2D eigenvalue weighted by atomic mass is 10.1. The van der Waals surface area contributed by atoms with E-state index in [0.29, 0.717) is 5.69 Å². The number of aryl methyl sites for hydroxylation is 2. The van der Waals surface area contributed by atoms with Crippen LogP contribution in [-0.2, 0) is 10.0 Å². The molecule has 0 atom stereocenters. The van der Waals surface area contributed by atoms with E-state index in [2.05, 4.69) is 4.72 Å². The highest BCUT2D eigenvalue weighted by molar-refractivity contribution is 7.92. The summed E-state index contributed by atoms with van der Waals surface area (Å²) in [6.45, 7) is 3.69. The molecule has 0 aromatic heterocycles. The van der Waals surface area contributed by atoms with E-state index < -0.39 is 20.6 Å². The number of sulfonamides is 1. The quantitative estimate of drug-likeness (QED) is 0.679. The van der Waals surface area contributed by atoms with Gasteiger partial charge in [0.05, 0.1) is 9.82 Å². The highest BCUT2D eigenvalue weighted by Gasteiger charge is 2.20. The fourth-order valence-electron chi connectivity index (χ4n) is 2.05. The topological polar surface area (TPSA) is 89.3 Å². The average molecular weight is 341 g/mol. The van der Waals surface area contributed by atoms with Gasteiger partial charge in [-0.25, -0.2) is 8.42 Å². The summed E-state index contributed by atoms with van der Waals surface area (Å²) in [7, 11) is -3.93. The van der Waals surface area contributed by atoms with Crippen molar-refractivity contribution in [3.8, 4) is 0 Å². The second-order valence-corrected chi connectivity index (χ2v) is 6.94. The van der Waals surface area contributed by atoms with Crippen LogP contribution in [0.15, 0.2) is 41.3 Å². The third-order valence-electron chi connectivity index (χ3n) is 2.90. The number of nitro benzene ring substituents is 1. The van der Waals surface area contributed by atoms with Gasteiger partial charge in [-0.15, -0.1) is 0 Å². The minimum absolute atomic E-state index is 0.115. The van der Waals surface area contributed by atoms with Gasteiger partial charge in [-0.2, -0.15) is 0 Å².